The van der Waals surface area contributed by atoms with Crippen LogP contribution in [0.3, 0.4) is 0 Å². The summed E-state index contributed by atoms with van der Waals surface area (Å²) in [6.45, 7) is -4.62. The van der Waals surface area contributed by atoms with E-state index in [0.717, 1.165) is 20.9 Å². The van der Waals surface area contributed by atoms with Gasteiger partial charge in [-0.05, 0) is 25.0 Å². The molecule has 0 saturated carbocycles. The highest BCUT2D eigenvalue weighted by Gasteiger charge is 2.19. The number of para-hydroxylation sites is 2. The summed E-state index contributed by atoms with van der Waals surface area (Å²) >= 11 is 0. The average molecular weight is 394 g/mol. The number of piperazine rings is 1. The Bertz CT molecular complexity index is 1160. The first-order valence-electron chi connectivity index (χ1n) is 11.9. The van der Waals surface area contributed by atoms with Crippen LogP contribution in [0, 0.1) is 0 Å². The van der Waals surface area contributed by atoms with Crippen molar-refractivity contribution in [2.75, 3.05) is 56.5 Å². The highest BCUT2D eigenvalue weighted by molar-refractivity contribution is 5.58. The Kier molecular flexibility index (Phi) is 4.30. The Morgan fingerprint density at radius 1 is 1.11 bits per heavy atom. The predicted molar refractivity (Wildman–Crippen MR) is 112 cm³/mol. The van der Waals surface area contributed by atoms with Gasteiger partial charge in [-0.25, -0.2) is 4.79 Å². The number of hydrogen-bond acceptors (Lipinski definition) is 6. The number of rotatable bonds is 7. The van der Waals surface area contributed by atoms with E-state index >= 15 is 0 Å². The first kappa shape index (κ1) is 13.4. The molecule has 1 aliphatic rings. The fourth-order valence-electron chi connectivity index (χ4n) is 3.01. The molecule has 0 spiro atoms. The summed E-state index contributed by atoms with van der Waals surface area (Å²) in [5.74, 6) is 0.424. The molecule has 1 aromatic heterocycles. The third-order valence-electron chi connectivity index (χ3n) is 4.70. The van der Waals surface area contributed by atoms with Crippen molar-refractivity contribution in [2.45, 2.75) is 6.37 Å². The number of nitrogens with one attached hydrogen (secondary N) is 1. The predicted octanol–water partition coefficient (Wildman–Crippen LogP) is 0.717. The van der Waals surface area contributed by atoms with E-state index < -0.39 is 30.6 Å². The Morgan fingerprint density at radius 3 is 2.54 bits per heavy atom. The number of methoxy groups -OCH3 is 1. The van der Waals surface area contributed by atoms with Gasteiger partial charge in [-0.1, -0.05) is 12.1 Å². The van der Waals surface area contributed by atoms with Gasteiger partial charge in [-0.2, -0.15) is 0 Å². The van der Waals surface area contributed by atoms with Crippen LogP contribution in [0.25, 0.3) is 0 Å². The van der Waals surface area contributed by atoms with Crippen LogP contribution in [-0.2, 0) is 14.1 Å². The van der Waals surface area contributed by atoms with Crippen molar-refractivity contribution >= 4 is 11.5 Å². The molecule has 0 radical (unpaired) electrons. The van der Waals surface area contributed by atoms with E-state index in [0.29, 0.717) is 18.8 Å². The summed E-state index contributed by atoms with van der Waals surface area (Å²) in [6, 6.07) is 8.39. The Labute approximate surface area is 173 Å². The number of hydrogen-bond donors (Lipinski definition) is 1. The summed E-state index contributed by atoms with van der Waals surface area (Å²) in [5, 5.41) is 2.24. The molecular formula is C20H29N5O3. The third-order valence-corrected chi connectivity index (χ3v) is 4.70. The van der Waals surface area contributed by atoms with Gasteiger partial charge in [0.2, 0.25) is 0 Å². The van der Waals surface area contributed by atoms with Crippen LogP contribution in [0.4, 0.5) is 11.5 Å². The molecular weight excluding hydrogens is 358 g/mol. The minimum Gasteiger partial charge on any atom is -0.495 e. The van der Waals surface area contributed by atoms with Crippen LogP contribution in [0.2, 0.25) is 0 Å². The number of ether oxygens (including phenoxy) is 1. The minimum absolute atomic E-state index is 0.144. The lowest BCUT2D eigenvalue weighted by Crippen LogP contribution is -2.47. The molecule has 8 heteroatoms. The van der Waals surface area contributed by atoms with Crippen molar-refractivity contribution in [3.8, 4) is 5.75 Å². The lowest BCUT2D eigenvalue weighted by Gasteiger charge is -2.36. The lowest BCUT2D eigenvalue weighted by molar-refractivity contribution is 0.256. The maximum absolute atomic E-state index is 12.2. The summed E-state index contributed by atoms with van der Waals surface area (Å²) in [4.78, 5) is 27.4. The first-order valence-corrected chi connectivity index (χ1v) is 8.93. The quantitative estimate of drug-likeness (QED) is 0.747. The van der Waals surface area contributed by atoms with Crippen LogP contribution >= 0.6 is 0 Å². The molecule has 0 aliphatic carbocycles. The standard InChI is InChI=1S/C20H29N5O3/c1-22-18(15-19(26)23(2)20(22)27)21-9-6-10-24-11-13-25(14-12-24)16-7-4-5-8-17(16)28-3/h4-5,7-8,15,21H,6,9-14H2,1-3H3/i6D2,9D2,10D2. The zero-order chi connectivity index (χ0) is 25.5. The van der Waals surface area contributed by atoms with Gasteiger partial charge in [0.15, 0.2) is 0 Å². The zero-order valence-electron chi connectivity index (χ0n) is 22.2. The van der Waals surface area contributed by atoms with Crippen molar-refractivity contribution in [3.05, 3.63) is 51.2 Å². The van der Waals surface area contributed by atoms with Crippen LogP contribution in [0.1, 0.15) is 14.6 Å². The second-order valence-electron chi connectivity index (χ2n) is 6.40. The van der Waals surface area contributed by atoms with Gasteiger partial charge in [-0.15, -0.1) is 0 Å². The van der Waals surface area contributed by atoms with Crippen LogP contribution in [0.15, 0.2) is 39.9 Å². The number of nitrogens with zero attached hydrogens (tertiary/aromatic N) is 4. The smallest absolute Gasteiger partial charge is 0.332 e. The van der Waals surface area contributed by atoms with Gasteiger partial charge in [-0.3, -0.25) is 18.8 Å². The third kappa shape index (κ3) is 4.39. The van der Waals surface area contributed by atoms with E-state index in [2.05, 4.69) is 5.32 Å². The van der Waals surface area contributed by atoms with E-state index in [1.807, 2.05) is 29.2 Å². The van der Waals surface area contributed by atoms with E-state index in [-0.39, 0.29) is 18.9 Å². The molecule has 0 amide bonds. The molecule has 0 atom stereocenters. The molecule has 1 saturated heterocycles. The maximum atomic E-state index is 12.2. The summed E-state index contributed by atoms with van der Waals surface area (Å²) < 4.78 is 57.7. The number of benzene rings is 1. The largest absolute Gasteiger partial charge is 0.495 e. The number of aromatic nitrogens is 2. The lowest BCUT2D eigenvalue weighted by atomic mass is 10.2. The first-order chi connectivity index (χ1) is 15.7. The van der Waals surface area contributed by atoms with Gasteiger partial charge < -0.3 is 15.0 Å². The SMILES string of the molecule is [2H]C([2H])(Nc1cc(=O)n(C)c(=O)n1C)C([2H])([2H])C([2H])([2H])N1CCN(c2ccccc2OC)CC1. The molecule has 2 heterocycles. The molecule has 152 valence electrons. The van der Waals surface area contributed by atoms with E-state index in [1.54, 1.807) is 7.11 Å². The van der Waals surface area contributed by atoms with E-state index in [9.17, 15) is 9.59 Å². The zero-order valence-corrected chi connectivity index (χ0v) is 16.2. The Hall–Kier alpha value is -2.74. The van der Waals surface area contributed by atoms with Gasteiger partial charge in [0.05, 0.1) is 12.8 Å². The van der Waals surface area contributed by atoms with Crippen molar-refractivity contribution < 1.29 is 13.0 Å². The van der Waals surface area contributed by atoms with Crippen LogP contribution < -0.4 is 26.2 Å². The Morgan fingerprint density at radius 2 is 1.82 bits per heavy atom. The molecule has 1 N–H and O–H groups in total. The van der Waals surface area contributed by atoms with Crippen LogP contribution in [0.5, 0.6) is 5.75 Å². The average Bonchev–Trinajstić information content (AvgIpc) is 2.80. The molecule has 3 rings (SSSR count). The fourth-order valence-corrected chi connectivity index (χ4v) is 3.01. The van der Waals surface area contributed by atoms with Crippen molar-refractivity contribution in [1.29, 1.82) is 0 Å². The van der Waals surface area contributed by atoms with Crippen molar-refractivity contribution in [1.82, 2.24) is 14.0 Å². The highest BCUT2D eigenvalue weighted by atomic mass is 16.5. The monoisotopic (exact) mass is 393 g/mol. The second kappa shape index (κ2) is 8.97. The topological polar surface area (TPSA) is 71.7 Å². The molecule has 0 unspecified atom stereocenters. The second-order valence-corrected chi connectivity index (χ2v) is 6.40. The van der Waals surface area contributed by atoms with Gasteiger partial charge in [0, 0.05) is 61.1 Å². The minimum atomic E-state index is -3.07. The normalized spacial score (nSPS) is 19.6. The summed E-state index contributed by atoms with van der Waals surface area (Å²) in [6.07, 6.45) is -3.07. The molecule has 1 aliphatic heterocycles. The number of anilines is 2. The molecule has 8 nitrogen and oxygen atoms in total. The molecule has 2 aromatic rings. The van der Waals surface area contributed by atoms with Gasteiger partial charge >= 0.3 is 5.69 Å². The van der Waals surface area contributed by atoms with E-state index in [1.165, 1.54) is 19.0 Å². The van der Waals surface area contributed by atoms with Crippen LogP contribution in [-0.4, -0.2) is 60.3 Å². The molecule has 28 heavy (non-hydrogen) atoms. The Balaban J connectivity index is 1.81. The fraction of sp³-hybridized carbons (Fsp3) is 0.500. The summed E-state index contributed by atoms with van der Waals surface area (Å²) in [5.41, 5.74) is -0.573. The highest BCUT2D eigenvalue weighted by Crippen LogP contribution is 2.28. The summed E-state index contributed by atoms with van der Waals surface area (Å²) in [7, 11) is 4.14. The molecule has 1 aromatic carbocycles. The van der Waals surface area contributed by atoms with Crippen molar-refractivity contribution in [3.63, 3.8) is 0 Å². The van der Waals surface area contributed by atoms with Crippen molar-refractivity contribution in [2.24, 2.45) is 14.1 Å². The molecule has 0 bridgehead atoms. The van der Waals surface area contributed by atoms with E-state index in [4.69, 9.17) is 13.0 Å². The van der Waals surface area contributed by atoms with Gasteiger partial charge in [0.25, 0.3) is 5.56 Å². The van der Waals surface area contributed by atoms with Gasteiger partial charge in [0.1, 0.15) is 11.6 Å². The maximum Gasteiger partial charge on any atom is 0.332 e. The molecule has 1 fully saturated rings.